The van der Waals surface area contributed by atoms with E-state index in [0.29, 0.717) is 24.6 Å². The molecule has 7 nitrogen and oxygen atoms in total. The summed E-state index contributed by atoms with van der Waals surface area (Å²) in [5.74, 6) is 1.43. The summed E-state index contributed by atoms with van der Waals surface area (Å²) in [6.45, 7) is 7.03. The van der Waals surface area contributed by atoms with Crippen LogP contribution in [0, 0.1) is 5.92 Å². The maximum absolute atomic E-state index is 12.6. The molecule has 1 fully saturated rings. The number of nitrogens with one attached hydrogen (secondary N) is 1. The summed E-state index contributed by atoms with van der Waals surface area (Å²) in [7, 11) is 3.71. The molecule has 1 aliphatic heterocycles. The fraction of sp³-hybridized carbons (Fsp3) is 0.571. The van der Waals surface area contributed by atoms with Crippen molar-refractivity contribution in [1.29, 1.82) is 0 Å². The first-order chi connectivity index (χ1) is 13.4. The van der Waals surface area contributed by atoms with Crippen LogP contribution in [0.2, 0.25) is 0 Å². The number of nitrogens with zero attached hydrogens (tertiary/aromatic N) is 4. The molecule has 1 N–H and O–H groups in total. The largest absolute Gasteiger partial charge is 0.339 e. The van der Waals surface area contributed by atoms with Crippen molar-refractivity contribution in [3.63, 3.8) is 0 Å². The normalized spacial score (nSPS) is 14.1. The quantitative estimate of drug-likeness (QED) is 0.831. The van der Waals surface area contributed by atoms with Gasteiger partial charge in [-0.25, -0.2) is 9.78 Å². The number of fused-ring (bicyclic) bond motifs is 1. The van der Waals surface area contributed by atoms with Gasteiger partial charge in [0.1, 0.15) is 5.82 Å². The maximum atomic E-state index is 12.6. The molecule has 0 spiro atoms. The molecule has 3 rings (SSSR count). The highest BCUT2D eigenvalue weighted by Crippen LogP contribution is 2.20. The third-order valence-corrected chi connectivity index (χ3v) is 5.34. The molecule has 152 valence electrons. The van der Waals surface area contributed by atoms with Gasteiger partial charge in [0.2, 0.25) is 0 Å². The maximum Gasteiger partial charge on any atom is 0.317 e. The molecule has 0 aliphatic carbocycles. The lowest BCUT2D eigenvalue weighted by Crippen LogP contribution is -2.38. The molecule has 0 atom stereocenters. The molecular formula is C21H31N5O2. The Kier molecular flexibility index (Phi) is 6.21. The van der Waals surface area contributed by atoms with Gasteiger partial charge < -0.3 is 19.7 Å². The molecular weight excluding hydrogens is 354 g/mol. The SMILES string of the molecule is CC(C)CCNC(=O)N(C)Cc1nc2cc(C(=O)N3CCCC3)ccc2n1C. The van der Waals surface area contributed by atoms with Crippen molar-refractivity contribution < 1.29 is 9.59 Å². The number of imidazole rings is 1. The van der Waals surface area contributed by atoms with E-state index < -0.39 is 0 Å². The standard InChI is InChI=1S/C21H31N5O2/c1-15(2)9-10-22-21(28)24(3)14-19-23-17-13-16(7-8-18(17)25(19)4)20(27)26-11-5-6-12-26/h7-8,13,15H,5-6,9-12,14H2,1-4H3,(H,22,28). The van der Waals surface area contributed by atoms with Crippen molar-refractivity contribution in [2.24, 2.45) is 13.0 Å². The molecule has 0 radical (unpaired) electrons. The van der Waals surface area contributed by atoms with Crippen LogP contribution in [0.5, 0.6) is 0 Å². The Morgan fingerprint density at radius 1 is 1.25 bits per heavy atom. The summed E-state index contributed by atoms with van der Waals surface area (Å²) in [4.78, 5) is 33.1. The van der Waals surface area contributed by atoms with Gasteiger partial charge in [-0.15, -0.1) is 0 Å². The van der Waals surface area contributed by atoms with E-state index in [1.807, 2.05) is 34.7 Å². The van der Waals surface area contributed by atoms with Crippen LogP contribution in [0.3, 0.4) is 0 Å². The summed E-state index contributed by atoms with van der Waals surface area (Å²) in [5.41, 5.74) is 2.43. The van der Waals surface area contributed by atoms with Crippen LogP contribution < -0.4 is 5.32 Å². The third-order valence-electron chi connectivity index (χ3n) is 5.34. The van der Waals surface area contributed by atoms with E-state index in [1.165, 1.54) is 0 Å². The van der Waals surface area contributed by atoms with Crippen LogP contribution in [0.4, 0.5) is 4.79 Å². The van der Waals surface area contributed by atoms with Gasteiger partial charge in [-0.3, -0.25) is 4.79 Å². The molecule has 7 heteroatoms. The van der Waals surface area contributed by atoms with Crippen LogP contribution in [0.25, 0.3) is 11.0 Å². The van der Waals surface area contributed by atoms with Gasteiger partial charge in [0, 0.05) is 39.3 Å². The molecule has 1 aromatic carbocycles. The molecule has 1 saturated heterocycles. The average molecular weight is 386 g/mol. The predicted molar refractivity (Wildman–Crippen MR) is 110 cm³/mol. The van der Waals surface area contributed by atoms with Crippen molar-refractivity contribution in [2.45, 2.75) is 39.7 Å². The van der Waals surface area contributed by atoms with Gasteiger partial charge in [0.15, 0.2) is 0 Å². The van der Waals surface area contributed by atoms with E-state index in [9.17, 15) is 9.59 Å². The Hall–Kier alpha value is -2.57. The highest BCUT2D eigenvalue weighted by molar-refractivity contribution is 5.97. The van der Waals surface area contributed by atoms with E-state index in [2.05, 4.69) is 24.1 Å². The number of aryl methyl sites for hydroxylation is 1. The number of hydrogen-bond donors (Lipinski definition) is 1. The first kappa shape index (κ1) is 20.2. The minimum atomic E-state index is -0.0994. The molecule has 1 aliphatic rings. The van der Waals surface area contributed by atoms with Crippen LogP contribution in [0.15, 0.2) is 18.2 Å². The fourth-order valence-electron chi connectivity index (χ4n) is 3.51. The van der Waals surface area contributed by atoms with Crippen molar-refractivity contribution in [1.82, 2.24) is 24.7 Å². The van der Waals surface area contributed by atoms with Crippen LogP contribution in [0.1, 0.15) is 49.3 Å². The monoisotopic (exact) mass is 385 g/mol. The summed E-state index contributed by atoms with van der Waals surface area (Å²) in [6, 6.07) is 5.58. The Morgan fingerprint density at radius 2 is 1.96 bits per heavy atom. The van der Waals surface area contributed by atoms with E-state index in [-0.39, 0.29) is 11.9 Å². The minimum absolute atomic E-state index is 0.0771. The number of carbonyl (C=O) groups excluding carboxylic acids is 2. The molecule has 2 heterocycles. The number of carbonyl (C=O) groups is 2. The highest BCUT2D eigenvalue weighted by Gasteiger charge is 2.21. The summed E-state index contributed by atoms with van der Waals surface area (Å²) in [5, 5.41) is 2.94. The van der Waals surface area contributed by atoms with Crippen molar-refractivity contribution in [3.05, 3.63) is 29.6 Å². The Morgan fingerprint density at radius 3 is 2.64 bits per heavy atom. The van der Waals surface area contributed by atoms with E-state index in [1.54, 1.807) is 11.9 Å². The molecule has 28 heavy (non-hydrogen) atoms. The van der Waals surface area contributed by atoms with E-state index >= 15 is 0 Å². The minimum Gasteiger partial charge on any atom is -0.339 e. The molecule has 0 saturated carbocycles. The number of aromatic nitrogens is 2. The fourth-order valence-corrected chi connectivity index (χ4v) is 3.51. The summed E-state index contributed by atoms with van der Waals surface area (Å²) < 4.78 is 1.98. The average Bonchev–Trinajstić information content (AvgIpc) is 3.29. The molecule has 1 aromatic heterocycles. The number of benzene rings is 1. The van der Waals surface area contributed by atoms with Gasteiger partial charge >= 0.3 is 6.03 Å². The number of hydrogen-bond acceptors (Lipinski definition) is 3. The van der Waals surface area contributed by atoms with Gasteiger partial charge in [-0.05, 0) is 43.4 Å². The van der Waals surface area contributed by atoms with Crippen molar-refractivity contribution in [2.75, 3.05) is 26.7 Å². The highest BCUT2D eigenvalue weighted by atomic mass is 16.2. The summed E-state index contributed by atoms with van der Waals surface area (Å²) in [6.07, 6.45) is 3.11. The van der Waals surface area contributed by atoms with Gasteiger partial charge in [0.25, 0.3) is 5.91 Å². The first-order valence-corrected chi connectivity index (χ1v) is 10.1. The lowest BCUT2D eigenvalue weighted by Gasteiger charge is -2.18. The van der Waals surface area contributed by atoms with E-state index in [4.69, 9.17) is 0 Å². The Labute approximate surface area is 166 Å². The number of likely N-dealkylation sites (tertiary alicyclic amines) is 1. The summed E-state index contributed by atoms with van der Waals surface area (Å²) >= 11 is 0. The van der Waals surface area contributed by atoms with Crippen LogP contribution in [-0.4, -0.2) is 58.0 Å². The third kappa shape index (κ3) is 4.46. The van der Waals surface area contributed by atoms with Crippen LogP contribution in [-0.2, 0) is 13.6 Å². The molecule has 0 bridgehead atoms. The zero-order chi connectivity index (χ0) is 20.3. The van der Waals surface area contributed by atoms with Gasteiger partial charge in [-0.1, -0.05) is 13.8 Å². The number of rotatable bonds is 6. The Bertz CT molecular complexity index is 852. The molecule has 2 aromatic rings. The van der Waals surface area contributed by atoms with Crippen LogP contribution >= 0.6 is 0 Å². The van der Waals surface area contributed by atoms with Crippen molar-refractivity contribution >= 4 is 23.0 Å². The zero-order valence-electron chi connectivity index (χ0n) is 17.4. The van der Waals surface area contributed by atoms with Gasteiger partial charge in [0.05, 0.1) is 17.6 Å². The topological polar surface area (TPSA) is 70.5 Å². The lowest BCUT2D eigenvalue weighted by atomic mass is 10.1. The Balaban J connectivity index is 1.70. The number of urea groups is 1. The number of amides is 3. The van der Waals surface area contributed by atoms with E-state index in [0.717, 1.165) is 49.2 Å². The second-order valence-electron chi connectivity index (χ2n) is 8.06. The van der Waals surface area contributed by atoms with Crippen molar-refractivity contribution in [3.8, 4) is 0 Å². The second-order valence-corrected chi connectivity index (χ2v) is 8.06. The molecule has 3 amide bonds. The van der Waals surface area contributed by atoms with Gasteiger partial charge in [-0.2, -0.15) is 0 Å². The smallest absolute Gasteiger partial charge is 0.317 e. The first-order valence-electron chi connectivity index (χ1n) is 10.1. The zero-order valence-corrected chi connectivity index (χ0v) is 17.4. The molecule has 0 unspecified atom stereocenters. The lowest BCUT2D eigenvalue weighted by molar-refractivity contribution is 0.0793. The second kappa shape index (κ2) is 8.63. The predicted octanol–water partition coefficient (Wildman–Crippen LogP) is 3.00.